The van der Waals surface area contributed by atoms with Crippen LogP contribution in [0, 0.1) is 20.8 Å². The molecule has 2 heterocycles. The second-order valence-corrected chi connectivity index (χ2v) is 12.7. The number of ether oxygens (including phenoxy) is 3. The normalized spacial score (nSPS) is 14.3. The van der Waals surface area contributed by atoms with E-state index >= 15 is 0 Å². The van der Waals surface area contributed by atoms with Crippen LogP contribution < -0.4 is 14.8 Å². The lowest BCUT2D eigenvalue weighted by atomic mass is 9.95. The van der Waals surface area contributed by atoms with Crippen LogP contribution in [0.3, 0.4) is 0 Å². The molecule has 1 unspecified atom stereocenters. The number of fused-ring (bicyclic) bond motifs is 1. The van der Waals surface area contributed by atoms with Gasteiger partial charge in [-0.15, -0.1) is 5.10 Å². The van der Waals surface area contributed by atoms with Gasteiger partial charge in [-0.1, -0.05) is 59.8 Å². The number of allylic oxidation sites excluding steroid dienone is 1. The van der Waals surface area contributed by atoms with E-state index in [0.29, 0.717) is 57.9 Å². The summed E-state index contributed by atoms with van der Waals surface area (Å²) in [6, 6.07) is 17.2. The third-order valence-electron chi connectivity index (χ3n) is 7.63. The van der Waals surface area contributed by atoms with Gasteiger partial charge < -0.3 is 19.5 Å². The number of rotatable bonds is 11. The molecule has 0 fully saturated rings. The Morgan fingerprint density at radius 3 is 2.47 bits per heavy atom. The summed E-state index contributed by atoms with van der Waals surface area (Å²) >= 11 is 7.86. The average Bonchev–Trinajstić information content (AvgIpc) is 3.39. The lowest BCUT2D eigenvalue weighted by molar-refractivity contribution is -0.143. The van der Waals surface area contributed by atoms with Crippen molar-refractivity contribution in [3.05, 3.63) is 104 Å². The monoisotopic (exact) mass is 646 g/mol. The molecular weight excluding hydrogens is 608 g/mol. The molecule has 236 valence electrons. The third kappa shape index (κ3) is 7.31. The quantitative estimate of drug-likeness (QED) is 0.128. The highest BCUT2D eigenvalue weighted by atomic mass is 35.5. The van der Waals surface area contributed by atoms with Gasteiger partial charge in [0.15, 0.2) is 11.5 Å². The molecule has 1 aliphatic rings. The van der Waals surface area contributed by atoms with Crippen molar-refractivity contribution >= 4 is 35.3 Å². The molecule has 0 aliphatic carbocycles. The highest BCUT2D eigenvalue weighted by molar-refractivity contribution is 7.98. The Morgan fingerprint density at radius 1 is 0.978 bits per heavy atom. The summed E-state index contributed by atoms with van der Waals surface area (Å²) in [6.45, 7) is 14.6. The summed E-state index contributed by atoms with van der Waals surface area (Å²) in [4.78, 5) is 18.3. The average molecular weight is 647 g/mol. The molecule has 1 atom stereocenters. The molecule has 8 nitrogen and oxygen atoms in total. The third-order valence-corrected chi connectivity index (χ3v) is 8.88. The van der Waals surface area contributed by atoms with Crippen molar-refractivity contribution < 1.29 is 19.0 Å². The van der Waals surface area contributed by atoms with Crippen LogP contribution in [0.1, 0.15) is 67.1 Å². The molecule has 0 spiro atoms. The number of carbonyl (C=O) groups is 1. The number of hydrogen-bond donors (Lipinski definition) is 1. The number of nitrogens with zero attached hydrogens (tertiary/aromatic N) is 3. The standard InChI is InChI=1S/C35H39ClN4O4S/c1-8-42-30-17-25(13-14-29(30)43-18-27-16-22(5)21(4)15-23(27)6)32-31(33(41)44-20(2)3)24(7)37-34-38-35(39-40(32)34)45-19-26-11-9-10-12-28(26)36/h9-17,20,32H,8,18-19H2,1-7H3,(H,37,38,39). The van der Waals surface area contributed by atoms with Crippen LogP contribution in [0.4, 0.5) is 5.95 Å². The van der Waals surface area contributed by atoms with E-state index in [2.05, 4.69) is 38.2 Å². The highest BCUT2D eigenvalue weighted by Gasteiger charge is 2.36. The largest absolute Gasteiger partial charge is 0.490 e. The second kappa shape index (κ2) is 14.0. The van der Waals surface area contributed by atoms with E-state index in [9.17, 15) is 4.79 Å². The molecule has 1 N–H and O–H groups in total. The molecule has 1 aliphatic heterocycles. The zero-order chi connectivity index (χ0) is 32.2. The molecule has 3 aromatic carbocycles. The van der Waals surface area contributed by atoms with Crippen molar-refractivity contribution in [1.82, 2.24) is 14.8 Å². The van der Waals surface area contributed by atoms with Crippen molar-refractivity contribution in [2.75, 3.05) is 11.9 Å². The van der Waals surface area contributed by atoms with Crippen molar-refractivity contribution in [2.45, 2.75) is 78.1 Å². The van der Waals surface area contributed by atoms with Crippen molar-refractivity contribution in [3.63, 3.8) is 0 Å². The summed E-state index contributed by atoms with van der Waals surface area (Å²) in [5.41, 5.74) is 7.66. The number of nitrogens with one attached hydrogen (secondary N) is 1. The molecular formula is C35H39ClN4O4S. The predicted molar refractivity (Wildman–Crippen MR) is 179 cm³/mol. The van der Waals surface area contributed by atoms with Crippen LogP contribution in [0.15, 0.2) is 71.0 Å². The first kappa shape index (κ1) is 32.4. The van der Waals surface area contributed by atoms with Gasteiger partial charge >= 0.3 is 5.97 Å². The zero-order valence-electron chi connectivity index (χ0n) is 26.7. The number of halogens is 1. The molecule has 45 heavy (non-hydrogen) atoms. The minimum absolute atomic E-state index is 0.291. The van der Waals surface area contributed by atoms with E-state index in [1.807, 2.05) is 70.2 Å². The van der Waals surface area contributed by atoms with E-state index < -0.39 is 12.0 Å². The summed E-state index contributed by atoms with van der Waals surface area (Å²) in [5, 5.41) is 9.37. The van der Waals surface area contributed by atoms with Crippen molar-refractivity contribution in [2.24, 2.45) is 0 Å². The Morgan fingerprint density at radius 2 is 1.73 bits per heavy atom. The Kier molecular flexibility index (Phi) is 10.1. The molecule has 10 heteroatoms. The maximum Gasteiger partial charge on any atom is 0.338 e. The highest BCUT2D eigenvalue weighted by Crippen LogP contribution is 2.40. The molecule has 1 aromatic heterocycles. The number of aryl methyl sites for hydroxylation is 3. The van der Waals surface area contributed by atoms with Crippen LogP contribution >= 0.6 is 23.4 Å². The number of carbonyl (C=O) groups excluding carboxylic acids is 1. The van der Waals surface area contributed by atoms with Crippen LogP contribution in [0.5, 0.6) is 11.5 Å². The van der Waals surface area contributed by atoms with Gasteiger partial charge in [0.2, 0.25) is 11.1 Å². The van der Waals surface area contributed by atoms with Gasteiger partial charge in [-0.2, -0.15) is 4.98 Å². The van der Waals surface area contributed by atoms with Crippen LogP contribution in [-0.2, 0) is 21.9 Å². The smallest absolute Gasteiger partial charge is 0.338 e. The zero-order valence-corrected chi connectivity index (χ0v) is 28.3. The molecule has 0 amide bonds. The number of benzene rings is 3. The Bertz CT molecular complexity index is 1750. The fraction of sp³-hybridized carbons (Fsp3) is 0.343. The summed E-state index contributed by atoms with van der Waals surface area (Å²) in [6.07, 6.45) is -0.291. The second-order valence-electron chi connectivity index (χ2n) is 11.4. The lowest BCUT2D eigenvalue weighted by Crippen LogP contribution is -2.30. The Balaban J connectivity index is 1.50. The molecule has 0 saturated heterocycles. The maximum atomic E-state index is 13.5. The van der Waals surface area contributed by atoms with Gasteiger partial charge in [-0.3, -0.25) is 0 Å². The van der Waals surface area contributed by atoms with Gasteiger partial charge in [0.25, 0.3) is 0 Å². The van der Waals surface area contributed by atoms with Gasteiger partial charge in [0.1, 0.15) is 12.6 Å². The van der Waals surface area contributed by atoms with E-state index in [0.717, 1.165) is 16.7 Å². The molecule has 5 rings (SSSR count). The molecule has 4 aromatic rings. The van der Waals surface area contributed by atoms with E-state index in [1.165, 1.54) is 28.5 Å². The summed E-state index contributed by atoms with van der Waals surface area (Å²) in [5.74, 6) is 1.91. The Hall–Kier alpha value is -3.95. The topological polar surface area (TPSA) is 87.5 Å². The molecule has 0 radical (unpaired) electrons. The first-order valence-corrected chi connectivity index (χ1v) is 16.4. The number of esters is 1. The predicted octanol–water partition coefficient (Wildman–Crippen LogP) is 8.37. The molecule has 0 bridgehead atoms. The van der Waals surface area contributed by atoms with Crippen LogP contribution in [0.2, 0.25) is 5.02 Å². The number of aromatic nitrogens is 3. The van der Waals surface area contributed by atoms with Crippen molar-refractivity contribution in [3.8, 4) is 11.5 Å². The van der Waals surface area contributed by atoms with Gasteiger partial charge in [-0.25, -0.2) is 9.48 Å². The van der Waals surface area contributed by atoms with Gasteiger partial charge in [-0.05, 0) is 100 Å². The van der Waals surface area contributed by atoms with Gasteiger partial charge in [0.05, 0.1) is 18.3 Å². The first-order chi connectivity index (χ1) is 21.5. The minimum Gasteiger partial charge on any atom is -0.490 e. The van der Waals surface area contributed by atoms with E-state index in [1.54, 1.807) is 4.68 Å². The maximum absolute atomic E-state index is 13.5. The summed E-state index contributed by atoms with van der Waals surface area (Å²) < 4.78 is 19.8. The van der Waals surface area contributed by atoms with Crippen LogP contribution in [-0.4, -0.2) is 33.4 Å². The number of hydrogen-bond acceptors (Lipinski definition) is 8. The molecule has 0 saturated carbocycles. The SMILES string of the molecule is CCOc1cc(C2C(C(=O)OC(C)C)=C(C)Nc3nc(SCc4ccccc4Cl)nn32)ccc1OCc1cc(C)c(C)cc1C. The Labute approximate surface area is 274 Å². The van der Waals surface area contributed by atoms with Crippen molar-refractivity contribution in [1.29, 1.82) is 0 Å². The number of thioether (sulfide) groups is 1. The first-order valence-electron chi connectivity index (χ1n) is 15.0. The van der Waals surface area contributed by atoms with Gasteiger partial charge in [0, 0.05) is 16.5 Å². The van der Waals surface area contributed by atoms with E-state index in [4.69, 9.17) is 35.9 Å². The van der Waals surface area contributed by atoms with E-state index in [-0.39, 0.29) is 6.10 Å². The lowest BCUT2D eigenvalue weighted by Gasteiger charge is -2.29. The minimum atomic E-state index is -0.607. The fourth-order valence-corrected chi connectivity index (χ4v) is 6.33. The number of anilines is 1. The fourth-order valence-electron chi connectivity index (χ4n) is 5.21. The summed E-state index contributed by atoms with van der Waals surface area (Å²) in [7, 11) is 0. The van der Waals surface area contributed by atoms with Crippen LogP contribution in [0.25, 0.3) is 0 Å².